The van der Waals surface area contributed by atoms with Gasteiger partial charge in [-0.1, -0.05) is 0 Å². The summed E-state index contributed by atoms with van der Waals surface area (Å²) in [6.07, 6.45) is 0. The molecule has 0 aliphatic heterocycles. The predicted octanol–water partition coefficient (Wildman–Crippen LogP) is 3.12. The van der Waals surface area contributed by atoms with E-state index in [1.165, 1.54) is 24.3 Å². The molecule has 5 nitrogen and oxygen atoms in total. The molecule has 108 valence electrons. The van der Waals surface area contributed by atoms with Crippen LogP contribution in [0.4, 0.5) is 15.8 Å². The van der Waals surface area contributed by atoms with Gasteiger partial charge < -0.3 is 16.2 Å². The molecule has 0 spiro atoms. The van der Waals surface area contributed by atoms with E-state index in [0.29, 0.717) is 0 Å². The number of carboxylic acids is 1. The van der Waals surface area contributed by atoms with Crippen molar-refractivity contribution in [1.82, 2.24) is 0 Å². The van der Waals surface area contributed by atoms with E-state index in [1.807, 2.05) is 0 Å². The average molecular weight is 353 g/mol. The number of nitrogens with one attached hydrogen (secondary N) is 1. The van der Waals surface area contributed by atoms with E-state index < -0.39 is 17.7 Å². The van der Waals surface area contributed by atoms with Crippen LogP contribution in [0, 0.1) is 5.82 Å². The molecular weight excluding hydrogens is 343 g/mol. The minimum Gasteiger partial charge on any atom is -0.478 e. The van der Waals surface area contributed by atoms with Crippen molar-refractivity contribution >= 4 is 39.2 Å². The summed E-state index contributed by atoms with van der Waals surface area (Å²) in [6.45, 7) is 0. The summed E-state index contributed by atoms with van der Waals surface area (Å²) in [7, 11) is 0. The van der Waals surface area contributed by atoms with Crippen molar-refractivity contribution in [3.05, 3.63) is 57.8 Å². The maximum atomic E-state index is 13.0. The van der Waals surface area contributed by atoms with Crippen LogP contribution >= 0.6 is 15.9 Å². The molecular formula is C14H10BrFN2O3. The second kappa shape index (κ2) is 5.92. The van der Waals surface area contributed by atoms with E-state index in [-0.39, 0.29) is 27.0 Å². The third-order valence-electron chi connectivity index (χ3n) is 2.70. The molecule has 0 radical (unpaired) electrons. The first kappa shape index (κ1) is 15.0. The van der Waals surface area contributed by atoms with Gasteiger partial charge in [0, 0.05) is 10.2 Å². The zero-order valence-electron chi connectivity index (χ0n) is 10.6. The molecule has 0 saturated heterocycles. The van der Waals surface area contributed by atoms with Gasteiger partial charge in [-0.2, -0.15) is 0 Å². The van der Waals surface area contributed by atoms with Crippen LogP contribution < -0.4 is 11.1 Å². The highest BCUT2D eigenvalue weighted by atomic mass is 79.9. The van der Waals surface area contributed by atoms with Crippen molar-refractivity contribution in [2.45, 2.75) is 0 Å². The molecule has 0 saturated carbocycles. The number of nitrogens with two attached hydrogens (primary N) is 1. The van der Waals surface area contributed by atoms with Gasteiger partial charge in [0.2, 0.25) is 0 Å². The number of hydrogen-bond acceptors (Lipinski definition) is 3. The molecule has 21 heavy (non-hydrogen) atoms. The van der Waals surface area contributed by atoms with E-state index in [9.17, 15) is 14.0 Å². The Morgan fingerprint density at radius 1 is 1.14 bits per heavy atom. The summed E-state index contributed by atoms with van der Waals surface area (Å²) in [5.41, 5.74) is 5.96. The smallest absolute Gasteiger partial charge is 0.337 e. The van der Waals surface area contributed by atoms with Crippen LogP contribution in [0.1, 0.15) is 20.7 Å². The Morgan fingerprint density at radius 2 is 1.86 bits per heavy atom. The fraction of sp³-hybridized carbons (Fsp3) is 0. The number of nitrogen functional groups attached to an aromatic ring is 1. The van der Waals surface area contributed by atoms with Crippen LogP contribution in [0.25, 0.3) is 0 Å². The van der Waals surface area contributed by atoms with E-state index >= 15 is 0 Å². The highest BCUT2D eigenvalue weighted by Crippen LogP contribution is 2.23. The van der Waals surface area contributed by atoms with Crippen molar-refractivity contribution in [3.8, 4) is 0 Å². The number of carbonyl (C=O) groups excluding carboxylic acids is 1. The number of amides is 1. The van der Waals surface area contributed by atoms with Gasteiger partial charge in [0.05, 0.1) is 16.8 Å². The van der Waals surface area contributed by atoms with Crippen molar-refractivity contribution in [3.63, 3.8) is 0 Å². The van der Waals surface area contributed by atoms with Crippen LogP contribution in [0.5, 0.6) is 0 Å². The third-order valence-corrected chi connectivity index (χ3v) is 3.35. The summed E-state index contributed by atoms with van der Waals surface area (Å²) in [5, 5.41) is 11.6. The number of rotatable bonds is 3. The first-order valence-corrected chi connectivity index (χ1v) is 6.57. The fourth-order valence-corrected chi connectivity index (χ4v) is 2.24. The van der Waals surface area contributed by atoms with E-state index in [0.717, 1.165) is 12.1 Å². The molecule has 7 heteroatoms. The van der Waals surface area contributed by atoms with Crippen LogP contribution in [0.15, 0.2) is 40.9 Å². The van der Waals surface area contributed by atoms with Crippen molar-refractivity contribution in [2.24, 2.45) is 0 Å². The predicted molar refractivity (Wildman–Crippen MR) is 79.9 cm³/mol. The van der Waals surface area contributed by atoms with Gasteiger partial charge in [-0.3, -0.25) is 4.79 Å². The molecule has 0 heterocycles. The molecule has 4 N–H and O–H groups in total. The largest absolute Gasteiger partial charge is 0.478 e. The summed E-state index contributed by atoms with van der Waals surface area (Å²) < 4.78 is 13.3. The molecule has 0 bridgehead atoms. The van der Waals surface area contributed by atoms with Crippen molar-refractivity contribution in [1.29, 1.82) is 0 Å². The standard InChI is InChI=1S/C14H10BrFN2O3/c15-11-5-7(16)1-3-9(11)13(19)18-12-4-2-8(17)6-10(12)14(20)21/h1-6H,17H2,(H,18,19)(H,20,21). The van der Waals surface area contributed by atoms with E-state index in [1.54, 1.807) is 0 Å². The van der Waals surface area contributed by atoms with E-state index in [4.69, 9.17) is 10.8 Å². The van der Waals surface area contributed by atoms with Gasteiger partial charge in [0.15, 0.2) is 0 Å². The Kier molecular flexibility index (Phi) is 4.23. The lowest BCUT2D eigenvalue weighted by Gasteiger charge is -2.10. The van der Waals surface area contributed by atoms with Gasteiger partial charge in [-0.25, -0.2) is 9.18 Å². The first-order valence-electron chi connectivity index (χ1n) is 5.77. The van der Waals surface area contributed by atoms with Gasteiger partial charge >= 0.3 is 5.97 Å². The van der Waals surface area contributed by atoms with Crippen molar-refractivity contribution in [2.75, 3.05) is 11.1 Å². The van der Waals surface area contributed by atoms with Crippen molar-refractivity contribution < 1.29 is 19.1 Å². The number of aromatic carboxylic acids is 1. The topological polar surface area (TPSA) is 92.4 Å². The Balaban J connectivity index is 2.34. The molecule has 0 atom stereocenters. The maximum absolute atomic E-state index is 13.0. The quantitative estimate of drug-likeness (QED) is 0.740. The maximum Gasteiger partial charge on any atom is 0.337 e. The van der Waals surface area contributed by atoms with Gasteiger partial charge in [-0.05, 0) is 52.3 Å². The molecule has 0 aliphatic rings. The summed E-state index contributed by atoms with van der Waals surface area (Å²) in [4.78, 5) is 23.3. The highest BCUT2D eigenvalue weighted by Gasteiger charge is 2.16. The van der Waals surface area contributed by atoms with E-state index in [2.05, 4.69) is 21.2 Å². The molecule has 2 rings (SSSR count). The Morgan fingerprint density at radius 3 is 2.48 bits per heavy atom. The highest BCUT2D eigenvalue weighted by molar-refractivity contribution is 9.10. The molecule has 0 fully saturated rings. The second-order valence-corrected chi connectivity index (χ2v) is 5.04. The summed E-state index contributed by atoms with van der Waals surface area (Å²) in [5.74, 6) is -2.26. The molecule has 0 aliphatic carbocycles. The summed E-state index contributed by atoms with van der Waals surface area (Å²) >= 11 is 3.08. The van der Waals surface area contributed by atoms with Gasteiger partial charge in [-0.15, -0.1) is 0 Å². The third kappa shape index (κ3) is 3.38. The molecule has 0 aromatic heterocycles. The number of carboxylic acid groups (broad SMARTS) is 1. The molecule has 0 unspecified atom stereocenters. The molecule has 2 aromatic rings. The lowest BCUT2D eigenvalue weighted by molar-refractivity contribution is 0.0698. The van der Waals surface area contributed by atoms with Crippen LogP contribution in [-0.4, -0.2) is 17.0 Å². The zero-order valence-corrected chi connectivity index (χ0v) is 12.1. The van der Waals surface area contributed by atoms with Gasteiger partial charge in [0.25, 0.3) is 5.91 Å². The Bertz CT molecular complexity index is 734. The van der Waals surface area contributed by atoms with Crippen LogP contribution in [0.2, 0.25) is 0 Å². The lowest BCUT2D eigenvalue weighted by Crippen LogP contribution is -2.15. The molecule has 2 aromatic carbocycles. The average Bonchev–Trinajstić information content (AvgIpc) is 2.40. The zero-order chi connectivity index (χ0) is 15.6. The summed E-state index contributed by atoms with van der Waals surface area (Å²) in [6, 6.07) is 7.71. The number of halogens is 2. The number of carbonyl (C=O) groups is 2. The minimum atomic E-state index is -1.21. The first-order chi connectivity index (χ1) is 9.88. The van der Waals surface area contributed by atoms with Gasteiger partial charge in [0.1, 0.15) is 5.82 Å². The number of benzene rings is 2. The SMILES string of the molecule is Nc1ccc(NC(=O)c2ccc(F)cc2Br)c(C(=O)O)c1. The molecule has 1 amide bonds. The number of anilines is 2. The van der Waals surface area contributed by atoms with Crippen LogP contribution in [-0.2, 0) is 0 Å². The second-order valence-electron chi connectivity index (χ2n) is 4.19. The monoisotopic (exact) mass is 352 g/mol. The Labute approximate surface area is 127 Å². The fourth-order valence-electron chi connectivity index (χ4n) is 1.71. The Hall–Kier alpha value is -2.41. The lowest BCUT2D eigenvalue weighted by atomic mass is 10.1. The normalized spacial score (nSPS) is 10.2. The van der Waals surface area contributed by atoms with Crippen LogP contribution in [0.3, 0.4) is 0 Å². The minimum absolute atomic E-state index is 0.109. The number of hydrogen-bond donors (Lipinski definition) is 3.